The largest absolute Gasteiger partial charge is 0.476 e. The maximum absolute atomic E-state index is 11.1. The second-order valence-electron chi connectivity index (χ2n) is 3.72. The molecule has 7 heteroatoms. The Balaban J connectivity index is 3.01. The van der Waals surface area contributed by atoms with Gasteiger partial charge in [0.2, 0.25) is 0 Å². The van der Waals surface area contributed by atoms with Gasteiger partial charge in [-0.15, -0.1) is 0 Å². The van der Waals surface area contributed by atoms with E-state index in [0.29, 0.717) is 10.0 Å². The van der Waals surface area contributed by atoms with Gasteiger partial charge in [0.1, 0.15) is 0 Å². The van der Waals surface area contributed by atoms with E-state index in [-0.39, 0.29) is 22.2 Å². The van der Waals surface area contributed by atoms with Crippen LogP contribution in [0.5, 0.6) is 0 Å². The van der Waals surface area contributed by atoms with Crippen molar-refractivity contribution < 1.29 is 14.8 Å². The number of carboxylic acid groups (broad SMARTS) is 1. The van der Waals surface area contributed by atoms with Crippen LogP contribution >= 0.6 is 15.9 Å². The zero-order valence-corrected chi connectivity index (χ0v) is 10.8. The molecule has 0 saturated carbocycles. The molecule has 0 bridgehead atoms. The molecule has 0 aliphatic heterocycles. The highest BCUT2D eigenvalue weighted by Gasteiger charge is 2.20. The van der Waals surface area contributed by atoms with E-state index in [1.807, 2.05) is 0 Å². The Morgan fingerprint density at radius 2 is 2.17 bits per heavy atom. The molecule has 0 saturated heterocycles. The first kappa shape index (κ1) is 12.4. The first-order valence-electron chi connectivity index (χ1n) is 4.88. The summed E-state index contributed by atoms with van der Waals surface area (Å²) in [6.45, 7) is 1.67. The van der Waals surface area contributed by atoms with Crippen molar-refractivity contribution >= 4 is 38.4 Å². The lowest BCUT2D eigenvalue weighted by atomic mass is 10.0. The van der Waals surface area contributed by atoms with Crippen molar-refractivity contribution in [3.05, 3.63) is 44.2 Å². The number of carboxylic acids is 1. The number of fused-ring (bicyclic) bond motifs is 1. The van der Waals surface area contributed by atoms with Crippen LogP contribution in [0.1, 0.15) is 16.1 Å². The number of nitro groups is 1. The maximum atomic E-state index is 11.1. The molecule has 1 N–H and O–H groups in total. The molecule has 0 atom stereocenters. The average Bonchev–Trinajstić information content (AvgIpc) is 2.27. The lowest BCUT2D eigenvalue weighted by molar-refractivity contribution is -0.383. The summed E-state index contributed by atoms with van der Waals surface area (Å²) in [5.74, 6) is -1.22. The second kappa shape index (κ2) is 4.34. The summed E-state index contributed by atoms with van der Waals surface area (Å²) >= 11 is 3.16. The minimum atomic E-state index is -1.22. The molecule has 6 nitrogen and oxygen atoms in total. The van der Waals surface area contributed by atoms with Crippen molar-refractivity contribution in [1.82, 2.24) is 4.98 Å². The highest BCUT2D eigenvalue weighted by Crippen LogP contribution is 2.34. The normalized spacial score (nSPS) is 10.6. The molecule has 0 unspecified atom stereocenters. The van der Waals surface area contributed by atoms with Crippen LogP contribution in [0.2, 0.25) is 0 Å². The third kappa shape index (κ3) is 1.92. The zero-order chi connectivity index (χ0) is 13.4. The van der Waals surface area contributed by atoms with Crippen LogP contribution in [0.4, 0.5) is 5.69 Å². The van der Waals surface area contributed by atoms with E-state index in [9.17, 15) is 14.9 Å². The fraction of sp³-hybridized carbons (Fsp3) is 0.0909. The van der Waals surface area contributed by atoms with E-state index in [1.54, 1.807) is 13.0 Å². The summed E-state index contributed by atoms with van der Waals surface area (Å²) in [5, 5.41) is 20.6. The SMILES string of the molecule is Cc1cc([N+](=O)[O-])c2c(Br)cnc(C(=O)O)c2c1. The van der Waals surface area contributed by atoms with Gasteiger partial charge in [-0.2, -0.15) is 0 Å². The fourth-order valence-electron chi connectivity index (χ4n) is 1.77. The number of aromatic nitrogens is 1. The molecular weight excluding hydrogens is 304 g/mol. The molecule has 1 heterocycles. The minimum absolute atomic E-state index is 0.137. The number of aromatic carboxylic acids is 1. The van der Waals surface area contributed by atoms with Gasteiger partial charge in [-0.25, -0.2) is 9.78 Å². The summed E-state index contributed by atoms with van der Waals surface area (Å²) in [4.78, 5) is 25.3. The molecule has 0 spiro atoms. The Morgan fingerprint density at radius 3 is 2.72 bits per heavy atom. The van der Waals surface area contributed by atoms with E-state index in [1.165, 1.54) is 12.3 Å². The van der Waals surface area contributed by atoms with Crippen LogP contribution in [0.3, 0.4) is 0 Å². The summed E-state index contributed by atoms with van der Waals surface area (Å²) in [6, 6.07) is 2.97. The van der Waals surface area contributed by atoms with Crippen molar-refractivity contribution in [3.63, 3.8) is 0 Å². The third-order valence-electron chi connectivity index (χ3n) is 2.46. The smallest absolute Gasteiger partial charge is 0.355 e. The lowest BCUT2D eigenvalue weighted by Crippen LogP contribution is -2.03. The summed E-state index contributed by atoms with van der Waals surface area (Å²) in [7, 11) is 0. The van der Waals surface area contributed by atoms with Gasteiger partial charge in [-0.1, -0.05) is 0 Å². The summed E-state index contributed by atoms with van der Waals surface area (Å²) in [6.07, 6.45) is 1.26. The monoisotopic (exact) mass is 310 g/mol. The molecule has 0 aliphatic rings. The maximum Gasteiger partial charge on any atom is 0.355 e. The number of hydrogen-bond acceptors (Lipinski definition) is 4. The molecule has 1 aromatic heterocycles. The number of aryl methyl sites for hydroxylation is 1. The van der Waals surface area contributed by atoms with Gasteiger partial charge in [0, 0.05) is 17.6 Å². The van der Waals surface area contributed by atoms with Crippen LogP contribution in [0.25, 0.3) is 10.8 Å². The van der Waals surface area contributed by atoms with Gasteiger partial charge in [0.25, 0.3) is 5.69 Å². The zero-order valence-electron chi connectivity index (χ0n) is 9.18. The molecule has 18 heavy (non-hydrogen) atoms. The second-order valence-corrected chi connectivity index (χ2v) is 4.58. The standard InChI is InChI=1S/C11H7BrN2O4/c1-5-2-6-9(8(3-5)14(17)18)7(12)4-13-10(6)11(15)16/h2-4H,1H3,(H,15,16). The molecule has 0 radical (unpaired) electrons. The van der Waals surface area contributed by atoms with Gasteiger partial charge in [-0.3, -0.25) is 10.1 Å². The third-order valence-corrected chi connectivity index (χ3v) is 3.06. The summed E-state index contributed by atoms with van der Waals surface area (Å²) < 4.78 is 0.397. The van der Waals surface area contributed by atoms with Crippen molar-refractivity contribution in [1.29, 1.82) is 0 Å². The molecule has 2 aromatic rings. The van der Waals surface area contributed by atoms with Gasteiger partial charge in [0.05, 0.1) is 14.8 Å². The Morgan fingerprint density at radius 1 is 1.50 bits per heavy atom. The topological polar surface area (TPSA) is 93.3 Å². The molecule has 92 valence electrons. The van der Waals surface area contributed by atoms with E-state index < -0.39 is 10.9 Å². The highest BCUT2D eigenvalue weighted by molar-refractivity contribution is 9.10. The number of benzene rings is 1. The van der Waals surface area contributed by atoms with Crippen LogP contribution in [-0.2, 0) is 0 Å². The Hall–Kier alpha value is -2.02. The van der Waals surface area contributed by atoms with Crippen molar-refractivity contribution in [2.75, 3.05) is 0 Å². The van der Waals surface area contributed by atoms with Gasteiger partial charge >= 0.3 is 5.97 Å². The van der Waals surface area contributed by atoms with Crippen LogP contribution in [0, 0.1) is 17.0 Å². The fourth-order valence-corrected chi connectivity index (χ4v) is 2.29. The minimum Gasteiger partial charge on any atom is -0.476 e. The molecule has 0 aliphatic carbocycles. The number of non-ortho nitro benzene ring substituents is 1. The van der Waals surface area contributed by atoms with Crippen molar-refractivity contribution in [3.8, 4) is 0 Å². The first-order valence-corrected chi connectivity index (χ1v) is 5.67. The van der Waals surface area contributed by atoms with Crippen LogP contribution < -0.4 is 0 Å². The van der Waals surface area contributed by atoms with Gasteiger partial charge in [0.15, 0.2) is 5.69 Å². The predicted molar refractivity (Wildman–Crippen MR) is 67.8 cm³/mol. The highest BCUT2D eigenvalue weighted by atomic mass is 79.9. The molecular formula is C11H7BrN2O4. The van der Waals surface area contributed by atoms with E-state index in [0.717, 1.165) is 0 Å². The van der Waals surface area contributed by atoms with Crippen LogP contribution in [0.15, 0.2) is 22.8 Å². The molecule has 0 amide bonds. The first-order chi connectivity index (χ1) is 8.41. The van der Waals surface area contributed by atoms with E-state index in [2.05, 4.69) is 20.9 Å². The lowest BCUT2D eigenvalue weighted by Gasteiger charge is -2.06. The van der Waals surface area contributed by atoms with Crippen LogP contribution in [-0.4, -0.2) is 21.0 Å². The molecule has 1 aromatic carbocycles. The van der Waals surface area contributed by atoms with Crippen molar-refractivity contribution in [2.24, 2.45) is 0 Å². The average molecular weight is 311 g/mol. The Bertz CT molecular complexity index is 684. The van der Waals surface area contributed by atoms with E-state index >= 15 is 0 Å². The predicted octanol–water partition coefficient (Wildman–Crippen LogP) is 2.91. The van der Waals surface area contributed by atoms with E-state index in [4.69, 9.17) is 5.11 Å². The summed E-state index contributed by atoms with van der Waals surface area (Å²) in [5.41, 5.74) is 0.276. The number of halogens is 1. The number of hydrogen-bond donors (Lipinski definition) is 1. The molecule has 0 fully saturated rings. The number of rotatable bonds is 2. The quantitative estimate of drug-likeness (QED) is 0.680. The molecule has 2 rings (SSSR count). The number of nitro benzene ring substituents is 1. The number of nitrogens with zero attached hydrogens (tertiary/aromatic N) is 2. The number of carbonyl (C=O) groups is 1. The number of pyridine rings is 1. The van der Waals surface area contributed by atoms with Gasteiger partial charge < -0.3 is 5.11 Å². The Labute approximate surface area is 110 Å². The van der Waals surface area contributed by atoms with Gasteiger partial charge in [-0.05, 0) is 34.5 Å². The Kier molecular flexibility index (Phi) is 3.00. The van der Waals surface area contributed by atoms with Crippen molar-refractivity contribution in [2.45, 2.75) is 6.92 Å².